The van der Waals surface area contributed by atoms with Crippen molar-refractivity contribution in [3.8, 4) is 10.6 Å². The summed E-state index contributed by atoms with van der Waals surface area (Å²) < 4.78 is 5.48. The molecule has 4 heteroatoms. The highest BCUT2D eigenvalue weighted by molar-refractivity contribution is 7.13. The van der Waals surface area contributed by atoms with Crippen molar-refractivity contribution in [1.29, 1.82) is 0 Å². The molecule has 1 fully saturated rings. The molecule has 0 radical (unpaired) electrons. The topological polar surface area (TPSA) is 34.1 Å². The molecule has 1 aromatic carbocycles. The largest absolute Gasteiger partial charge is 0.382 e. The maximum absolute atomic E-state index is 5.48. The molecule has 0 bridgehead atoms. The highest BCUT2D eigenvalue weighted by Crippen LogP contribution is 2.26. The van der Waals surface area contributed by atoms with Crippen LogP contribution in [-0.4, -0.2) is 24.2 Å². The van der Waals surface area contributed by atoms with Crippen LogP contribution in [0.15, 0.2) is 35.8 Å². The molecule has 0 amide bonds. The third-order valence-electron chi connectivity index (χ3n) is 3.89. The standard InChI is InChI=1S/C16H20N2OS/c1-19-15-4-2-3-14(11-15)18-13-7-5-12(6-8-13)16-17-9-10-20-16/h5-10,14-15,18H,2-4,11H2,1H3. The second-order valence-electron chi connectivity index (χ2n) is 5.28. The van der Waals surface area contributed by atoms with E-state index >= 15 is 0 Å². The number of thiazole rings is 1. The fourth-order valence-electron chi connectivity index (χ4n) is 2.80. The number of benzene rings is 1. The van der Waals surface area contributed by atoms with Crippen LogP contribution in [0.2, 0.25) is 0 Å². The molecular weight excluding hydrogens is 268 g/mol. The zero-order chi connectivity index (χ0) is 13.8. The van der Waals surface area contributed by atoms with Crippen LogP contribution in [0.25, 0.3) is 10.6 Å². The Morgan fingerprint density at radius 2 is 2.10 bits per heavy atom. The van der Waals surface area contributed by atoms with E-state index in [0.717, 1.165) is 11.4 Å². The summed E-state index contributed by atoms with van der Waals surface area (Å²) in [6.07, 6.45) is 7.03. The van der Waals surface area contributed by atoms with Gasteiger partial charge in [0, 0.05) is 36.0 Å². The third kappa shape index (κ3) is 3.19. The first-order chi connectivity index (χ1) is 9.85. The van der Waals surface area contributed by atoms with Crippen LogP contribution in [-0.2, 0) is 4.74 Å². The molecule has 2 unspecified atom stereocenters. The van der Waals surface area contributed by atoms with Gasteiger partial charge in [-0.2, -0.15) is 0 Å². The summed E-state index contributed by atoms with van der Waals surface area (Å²) in [5, 5.41) is 6.71. The lowest BCUT2D eigenvalue weighted by Gasteiger charge is -2.29. The molecule has 3 nitrogen and oxygen atoms in total. The van der Waals surface area contributed by atoms with Crippen molar-refractivity contribution in [3.63, 3.8) is 0 Å². The summed E-state index contributed by atoms with van der Waals surface area (Å²) >= 11 is 1.67. The molecule has 1 N–H and O–H groups in total. The maximum atomic E-state index is 5.48. The second kappa shape index (κ2) is 6.37. The highest BCUT2D eigenvalue weighted by atomic mass is 32.1. The predicted molar refractivity (Wildman–Crippen MR) is 84.2 cm³/mol. The first kappa shape index (κ1) is 13.6. The highest BCUT2D eigenvalue weighted by Gasteiger charge is 2.21. The molecule has 2 aromatic rings. The number of hydrogen-bond acceptors (Lipinski definition) is 4. The Hall–Kier alpha value is -1.39. The van der Waals surface area contributed by atoms with E-state index in [4.69, 9.17) is 4.74 Å². The van der Waals surface area contributed by atoms with Crippen molar-refractivity contribution in [3.05, 3.63) is 35.8 Å². The molecule has 1 aromatic heterocycles. The van der Waals surface area contributed by atoms with E-state index in [0.29, 0.717) is 12.1 Å². The molecule has 1 aliphatic rings. The average Bonchev–Trinajstić information content (AvgIpc) is 3.02. The minimum Gasteiger partial charge on any atom is -0.382 e. The smallest absolute Gasteiger partial charge is 0.123 e. The van der Waals surface area contributed by atoms with E-state index in [2.05, 4.69) is 34.6 Å². The molecule has 0 spiro atoms. The lowest BCUT2D eigenvalue weighted by atomic mass is 9.92. The van der Waals surface area contributed by atoms with Gasteiger partial charge in [-0.3, -0.25) is 0 Å². The number of rotatable bonds is 4. The van der Waals surface area contributed by atoms with Crippen molar-refractivity contribution in [1.82, 2.24) is 4.98 Å². The molecule has 0 saturated heterocycles. The summed E-state index contributed by atoms with van der Waals surface area (Å²) in [7, 11) is 1.82. The molecule has 106 valence electrons. The lowest BCUT2D eigenvalue weighted by Crippen LogP contribution is -2.30. The van der Waals surface area contributed by atoms with Crippen molar-refractivity contribution >= 4 is 17.0 Å². The van der Waals surface area contributed by atoms with Crippen LogP contribution < -0.4 is 5.32 Å². The van der Waals surface area contributed by atoms with Gasteiger partial charge in [0.1, 0.15) is 5.01 Å². The fraction of sp³-hybridized carbons (Fsp3) is 0.438. The van der Waals surface area contributed by atoms with E-state index in [-0.39, 0.29) is 0 Å². The van der Waals surface area contributed by atoms with E-state index in [1.165, 1.54) is 30.5 Å². The average molecular weight is 288 g/mol. The number of hydrogen-bond donors (Lipinski definition) is 1. The van der Waals surface area contributed by atoms with Crippen LogP contribution >= 0.6 is 11.3 Å². The first-order valence-electron chi connectivity index (χ1n) is 7.14. The van der Waals surface area contributed by atoms with Crippen LogP contribution in [0.1, 0.15) is 25.7 Å². The van der Waals surface area contributed by atoms with E-state index in [1.807, 2.05) is 18.7 Å². The molecule has 1 saturated carbocycles. The number of aromatic nitrogens is 1. The lowest BCUT2D eigenvalue weighted by molar-refractivity contribution is 0.0669. The maximum Gasteiger partial charge on any atom is 0.123 e. The fourth-order valence-corrected chi connectivity index (χ4v) is 3.45. The predicted octanol–water partition coefficient (Wildman–Crippen LogP) is 4.18. The van der Waals surface area contributed by atoms with Crippen molar-refractivity contribution in [2.75, 3.05) is 12.4 Å². The van der Waals surface area contributed by atoms with Gasteiger partial charge in [-0.1, -0.05) is 0 Å². The van der Waals surface area contributed by atoms with Crippen LogP contribution in [0, 0.1) is 0 Å². The molecule has 20 heavy (non-hydrogen) atoms. The van der Waals surface area contributed by atoms with Crippen molar-refractivity contribution in [2.24, 2.45) is 0 Å². The summed E-state index contributed by atoms with van der Waals surface area (Å²) in [5.74, 6) is 0. The minimum atomic E-state index is 0.413. The zero-order valence-electron chi connectivity index (χ0n) is 11.7. The number of anilines is 1. The molecule has 0 aliphatic heterocycles. The van der Waals surface area contributed by atoms with Gasteiger partial charge < -0.3 is 10.1 Å². The molecule has 3 rings (SSSR count). The van der Waals surface area contributed by atoms with Gasteiger partial charge in [0.25, 0.3) is 0 Å². The Kier molecular flexibility index (Phi) is 4.33. The number of methoxy groups -OCH3 is 1. The quantitative estimate of drug-likeness (QED) is 0.916. The molecule has 1 heterocycles. The van der Waals surface area contributed by atoms with Crippen LogP contribution in [0.5, 0.6) is 0 Å². The van der Waals surface area contributed by atoms with Gasteiger partial charge in [-0.25, -0.2) is 4.98 Å². The summed E-state index contributed by atoms with van der Waals surface area (Å²) in [6, 6.07) is 9.09. The number of nitrogens with zero attached hydrogens (tertiary/aromatic N) is 1. The molecule has 2 atom stereocenters. The molecule has 1 aliphatic carbocycles. The van der Waals surface area contributed by atoms with E-state index < -0.39 is 0 Å². The van der Waals surface area contributed by atoms with Crippen LogP contribution in [0.4, 0.5) is 5.69 Å². The zero-order valence-corrected chi connectivity index (χ0v) is 12.5. The van der Waals surface area contributed by atoms with Gasteiger partial charge in [0.2, 0.25) is 0 Å². The number of ether oxygens (including phenoxy) is 1. The van der Waals surface area contributed by atoms with Crippen LogP contribution in [0.3, 0.4) is 0 Å². The monoisotopic (exact) mass is 288 g/mol. The van der Waals surface area contributed by atoms with Crippen molar-refractivity contribution in [2.45, 2.75) is 37.8 Å². The van der Waals surface area contributed by atoms with Crippen molar-refractivity contribution < 1.29 is 4.74 Å². The normalized spacial score (nSPS) is 22.6. The van der Waals surface area contributed by atoms with Gasteiger partial charge in [0.15, 0.2) is 0 Å². The summed E-state index contributed by atoms with van der Waals surface area (Å²) in [5.41, 5.74) is 2.37. The van der Waals surface area contributed by atoms with Gasteiger partial charge in [-0.05, 0) is 49.9 Å². The third-order valence-corrected chi connectivity index (χ3v) is 4.72. The van der Waals surface area contributed by atoms with E-state index in [1.54, 1.807) is 11.3 Å². The summed E-state index contributed by atoms with van der Waals surface area (Å²) in [6.45, 7) is 0. The SMILES string of the molecule is COC1CCCC(Nc2ccc(-c3nccs3)cc2)C1. The first-order valence-corrected chi connectivity index (χ1v) is 8.02. The van der Waals surface area contributed by atoms with Gasteiger partial charge in [-0.15, -0.1) is 11.3 Å². The Bertz CT molecular complexity index is 524. The molecular formula is C16H20N2OS. The Morgan fingerprint density at radius 1 is 1.25 bits per heavy atom. The second-order valence-corrected chi connectivity index (χ2v) is 6.17. The Morgan fingerprint density at radius 3 is 2.80 bits per heavy atom. The summed E-state index contributed by atoms with van der Waals surface area (Å²) in [4.78, 5) is 4.33. The number of nitrogens with one attached hydrogen (secondary N) is 1. The van der Waals surface area contributed by atoms with Gasteiger partial charge >= 0.3 is 0 Å². The Balaban J connectivity index is 1.63. The Labute approximate surface area is 124 Å². The minimum absolute atomic E-state index is 0.413. The van der Waals surface area contributed by atoms with E-state index in [9.17, 15) is 0 Å². The van der Waals surface area contributed by atoms with Gasteiger partial charge in [0.05, 0.1) is 6.10 Å².